The van der Waals surface area contributed by atoms with Crippen LogP contribution in [0, 0.1) is 11.6 Å². The molecule has 0 bridgehead atoms. The van der Waals surface area contributed by atoms with Gasteiger partial charge in [-0.15, -0.1) is 0 Å². The molecular weight excluding hydrogens is 256 g/mol. The van der Waals surface area contributed by atoms with Gasteiger partial charge in [-0.2, -0.15) is 0 Å². The van der Waals surface area contributed by atoms with E-state index in [2.05, 4.69) is 15.0 Å². The maximum Gasteiger partial charge on any atom is 0.400 e. The van der Waals surface area contributed by atoms with Crippen molar-refractivity contribution in [3.8, 4) is 0 Å². The molecule has 0 aliphatic carbocycles. The highest BCUT2D eigenvalue weighted by atomic mass is 19.1. The maximum atomic E-state index is 13.2. The van der Waals surface area contributed by atoms with Gasteiger partial charge in [-0.1, -0.05) is 5.16 Å². The van der Waals surface area contributed by atoms with E-state index in [1.54, 1.807) is 13.2 Å². The molecule has 0 aliphatic rings. The summed E-state index contributed by atoms with van der Waals surface area (Å²) in [4.78, 5) is 19.8. The number of aryl methyl sites for hydroxylation is 1. The Labute approximate surface area is 107 Å². The lowest BCUT2D eigenvalue weighted by Crippen LogP contribution is -2.08. The number of imidazole rings is 1. The average Bonchev–Trinajstić information content (AvgIpc) is 2.78. The average molecular weight is 265 g/mol. The standard InChI is InChI=1S/C12H9F2N3O2/c1-17-5-4-15-11(17)12(18)19-16-7-8-2-3-9(13)6-10(8)14/h2-7H,1H3. The van der Waals surface area contributed by atoms with Gasteiger partial charge in [0, 0.05) is 31.1 Å². The third kappa shape index (κ3) is 3.01. The molecule has 0 amide bonds. The third-order valence-electron chi connectivity index (χ3n) is 2.29. The van der Waals surface area contributed by atoms with E-state index in [0.717, 1.165) is 12.3 Å². The smallest absolute Gasteiger partial charge is 0.328 e. The molecule has 98 valence electrons. The van der Waals surface area contributed by atoms with Gasteiger partial charge < -0.3 is 9.40 Å². The summed E-state index contributed by atoms with van der Waals surface area (Å²) in [5, 5.41) is 3.34. The van der Waals surface area contributed by atoms with E-state index >= 15 is 0 Å². The highest BCUT2D eigenvalue weighted by molar-refractivity contribution is 5.86. The Morgan fingerprint density at radius 2 is 2.26 bits per heavy atom. The fraction of sp³-hybridized carbons (Fsp3) is 0.0833. The van der Waals surface area contributed by atoms with Crippen LogP contribution in [-0.2, 0) is 11.9 Å². The number of halogens is 2. The Hall–Kier alpha value is -2.57. The first-order chi connectivity index (χ1) is 9.08. The largest absolute Gasteiger partial charge is 0.400 e. The lowest BCUT2D eigenvalue weighted by Gasteiger charge is -1.98. The molecule has 0 fully saturated rings. The van der Waals surface area contributed by atoms with E-state index in [1.165, 1.54) is 16.8 Å². The van der Waals surface area contributed by atoms with Crippen molar-refractivity contribution >= 4 is 12.2 Å². The maximum absolute atomic E-state index is 13.2. The molecule has 0 atom stereocenters. The van der Waals surface area contributed by atoms with Gasteiger partial charge in [-0.3, -0.25) is 0 Å². The first-order valence-corrected chi connectivity index (χ1v) is 5.25. The van der Waals surface area contributed by atoms with E-state index < -0.39 is 17.6 Å². The molecule has 0 saturated heterocycles. The van der Waals surface area contributed by atoms with Crippen molar-refractivity contribution in [2.24, 2.45) is 12.2 Å². The normalized spacial score (nSPS) is 10.9. The van der Waals surface area contributed by atoms with Crippen LogP contribution in [-0.4, -0.2) is 21.7 Å². The number of rotatable bonds is 3. The van der Waals surface area contributed by atoms with E-state index in [0.29, 0.717) is 6.07 Å². The minimum atomic E-state index is -0.795. The van der Waals surface area contributed by atoms with E-state index in [9.17, 15) is 13.6 Å². The van der Waals surface area contributed by atoms with Crippen LogP contribution in [0.1, 0.15) is 16.2 Å². The Kier molecular flexibility index (Phi) is 3.65. The first kappa shape index (κ1) is 12.9. The minimum Gasteiger partial charge on any atom is -0.328 e. The molecule has 0 N–H and O–H groups in total. The summed E-state index contributed by atoms with van der Waals surface area (Å²) in [6, 6.07) is 2.97. The quantitative estimate of drug-likeness (QED) is 0.484. The molecule has 2 aromatic rings. The SMILES string of the molecule is Cn1ccnc1C(=O)ON=Cc1ccc(F)cc1F. The van der Waals surface area contributed by atoms with Crippen molar-refractivity contribution in [2.45, 2.75) is 0 Å². The molecule has 0 radical (unpaired) electrons. The van der Waals surface area contributed by atoms with Crippen molar-refractivity contribution in [3.63, 3.8) is 0 Å². The topological polar surface area (TPSA) is 56.5 Å². The van der Waals surface area contributed by atoms with Gasteiger partial charge in [-0.05, 0) is 12.1 Å². The first-order valence-electron chi connectivity index (χ1n) is 5.25. The number of oxime groups is 1. The predicted molar refractivity (Wildman–Crippen MR) is 62.6 cm³/mol. The fourth-order valence-electron chi connectivity index (χ4n) is 1.34. The zero-order valence-electron chi connectivity index (χ0n) is 9.88. The second-order valence-electron chi connectivity index (χ2n) is 3.64. The van der Waals surface area contributed by atoms with Crippen LogP contribution >= 0.6 is 0 Å². The highest BCUT2D eigenvalue weighted by Crippen LogP contribution is 2.07. The van der Waals surface area contributed by atoms with Gasteiger partial charge in [0.15, 0.2) is 0 Å². The molecule has 0 unspecified atom stereocenters. The number of carbonyl (C=O) groups excluding carboxylic acids is 1. The van der Waals surface area contributed by atoms with Crippen LogP contribution in [0.25, 0.3) is 0 Å². The summed E-state index contributed by atoms with van der Waals surface area (Å²) in [5.74, 6) is -2.19. The summed E-state index contributed by atoms with van der Waals surface area (Å²) in [5.41, 5.74) is 0.00837. The monoisotopic (exact) mass is 265 g/mol. The summed E-state index contributed by atoms with van der Waals surface area (Å²) < 4.78 is 27.3. The van der Waals surface area contributed by atoms with Crippen molar-refractivity contribution in [3.05, 3.63) is 53.6 Å². The number of hydrogen-bond acceptors (Lipinski definition) is 4. The molecule has 1 heterocycles. The van der Waals surface area contributed by atoms with Crippen LogP contribution in [0.3, 0.4) is 0 Å². The van der Waals surface area contributed by atoms with Crippen LogP contribution in [0.15, 0.2) is 35.7 Å². The number of hydrogen-bond donors (Lipinski definition) is 0. The van der Waals surface area contributed by atoms with Crippen molar-refractivity contribution in [2.75, 3.05) is 0 Å². The van der Waals surface area contributed by atoms with Gasteiger partial charge in [0.2, 0.25) is 5.82 Å². The zero-order valence-corrected chi connectivity index (χ0v) is 9.88. The molecular formula is C12H9F2N3O2. The number of nitrogens with zero attached hydrogens (tertiary/aromatic N) is 3. The van der Waals surface area contributed by atoms with Gasteiger partial charge >= 0.3 is 5.97 Å². The lowest BCUT2D eigenvalue weighted by atomic mass is 10.2. The molecule has 0 spiro atoms. The predicted octanol–water partition coefficient (Wildman–Crippen LogP) is 1.89. The van der Waals surface area contributed by atoms with Crippen molar-refractivity contribution in [1.82, 2.24) is 9.55 Å². The van der Waals surface area contributed by atoms with Crippen molar-refractivity contribution in [1.29, 1.82) is 0 Å². The molecule has 19 heavy (non-hydrogen) atoms. The number of aromatic nitrogens is 2. The lowest BCUT2D eigenvalue weighted by molar-refractivity contribution is 0.0500. The Morgan fingerprint density at radius 3 is 2.89 bits per heavy atom. The third-order valence-corrected chi connectivity index (χ3v) is 2.29. The van der Waals surface area contributed by atoms with Crippen LogP contribution in [0.2, 0.25) is 0 Å². The van der Waals surface area contributed by atoms with Crippen LogP contribution in [0.4, 0.5) is 8.78 Å². The van der Waals surface area contributed by atoms with Gasteiger partial charge in [0.25, 0.3) is 0 Å². The summed E-state index contributed by atoms with van der Waals surface area (Å²) >= 11 is 0. The Balaban J connectivity index is 2.04. The van der Waals surface area contributed by atoms with Crippen LogP contribution in [0.5, 0.6) is 0 Å². The second-order valence-corrected chi connectivity index (χ2v) is 3.64. The molecule has 5 nitrogen and oxygen atoms in total. The summed E-state index contributed by atoms with van der Waals surface area (Å²) in [6.07, 6.45) is 3.98. The van der Waals surface area contributed by atoms with E-state index in [4.69, 9.17) is 0 Å². The highest BCUT2D eigenvalue weighted by Gasteiger charge is 2.12. The Bertz CT molecular complexity index is 638. The molecule has 0 saturated carbocycles. The van der Waals surface area contributed by atoms with E-state index in [1.807, 2.05) is 0 Å². The van der Waals surface area contributed by atoms with Gasteiger partial charge in [0.05, 0.1) is 6.21 Å². The summed E-state index contributed by atoms with van der Waals surface area (Å²) in [6.45, 7) is 0. The number of carbonyl (C=O) groups is 1. The second kappa shape index (κ2) is 5.38. The zero-order chi connectivity index (χ0) is 13.8. The fourth-order valence-corrected chi connectivity index (χ4v) is 1.34. The van der Waals surface area contributed by atoms with E-state index in [-0.39, 0.29) is 11.4 Å². The van der Waals surface area contributed by atoms with Crippen molar-refractivity contribution < 1.29 is 18.4 Å². The Morgan fingerprint density at radius 1 is 1.47 bits per heavy atom. The molecule has 7 heteroatoms. The molecule has 0 aliphatic heterocycles. The summed E-state index contributed by atoms with van der Waals surface area (Å²) in [7, 11) is 1.62. The molecule has 1 aromatic heterocycles. The molecule has 2 rings (SSSR count). The minimum absolute atomic E-state index is 0.00837. The van der Waals surface area contributed by atoms with Gasteiger partial charge in [-0.25, -0.2) is 18.6 Å². The van der Waals surface area contributed by atoms with Crippen LogP contribution < -0.4 is 0 Å². The molecule has 1 aromatic carbocycles. The number of benzene rings is 1. The van der Waals surface area contributed by atoms with Gasteiger partial charge in [0.1, 0.15) is 11.6 Å².